The van der Waals surface area contributed by atoms with Crippen LogP contribution < -0.4 is 14.8 Å². The van der Waals surface area contributed by atoms with Crippen LogP contribution in [0.1, 0.15) is 10.4 Å². The van der Waals surface area contributed by atoms with Gasteiger partial charge in [0.05, 0.1) is 29.5 Å². The highest BCUT2D eigenvalue weighted by atomic mass is 32.2. The molecule has 0 aliphatic carbocycles. The van der Waals surface area contributed by atoms with Crippen molar-refractivity contribution in [2.45, 2.75) is 4.90 Å². The van der Waals surface area contributed by atoms with Crippen LogP contribution in [-0.2, 0) is 10.0 Å². The van der Waals surface area contributed by atoms with E-state index in [0.717, 1.165) is 6.07 Å². The van der Waals surface area contributed by atoms with Gasteiger partial charge in [0.1, 0.15) is 5.69 Å². The van der Waals surface area contributed by atoms with E-state index in [2.05, 4.69) is 15.0 Å². The quantitative estimate of drug-likeness (QED) is 0.733. The largest absolute Gasteiger partial charge is 0.479 e. The Morgan fingerprint density at radius 3 is 2.65 bits per heavy atom. The maximum Gasteiger partial charge on any atom is 0.335 e. The van der Waals surface area contributed by atoms with Gasteiger partial charge in [-0.15, -0.1) is 0 Å². The summed E-state index contributed by atoms with van der Waals surface area (Å²) in [6.45, 7) is 0. The molecule has 122 valence electrons. The molecule has 0 amide bonds. The standard InChI is InChI=1S/C14H15N3O5S/c1-15-10-7-12(13(22-2)16-8-10)17-23(20,21)11-5-3-4-9(6-11)14(18)19/h3-8,15,17H,1-2H3,(H,18,19). The number of carbonyl (C=O) groups is 1. The van der Waals surface area contributed by atoms with Crippen LogP contribution in [0.3, 0.4) is 0 Å². The van der Waals surface area contributed by atoms with Gasteiger partial charge in [0.2, 0.25) is 5.88 Å². The summed E-state index contributed by atoms with van der Waals surface area (Å²) in [7, 11) is -0.958. The van der Waals surface area contributed by atoms with Crippen molar-refractivity contribution in [2.24, 2.45) is 0 Å². The number of rotatable bonds is 6. The lowest BCUT2D eigenvalue weighted by atomic mass is 10.2. The smallest absolute Gasteiger partial charge is 0.335 e. The molecule has 9 heteroatoms. The molecule has 2 aromatic rings. The molecule has 8 nitrogen and oxygen atoms in total. The fourth-order valence-corrected chi connectivity index (χ4v) is 2.92. The maximum absolute atomic E-state index is 12.4. The first-order valence-electron chi connectivity index (χ1n) is 6.45. The van der Waals surface area contributed by atoms with Gasteiger partial charge in [0, 0.05) is 7.05 Å². The molecule has 0 saturated carbocycles. The van der Waals surface area contributed by atoms with Crippen LogP contribution in [0.5, 0.6) is 5.88 Å². The third kappa shape index (κ3) is 3.69. The van der Waals surface area contributed by atoms with Gasteiger partial charge in [-0.25, -0.2) is 18.2 Å². The van der Waals surface area contributed by atoms with E-state index in [1.165, 1.54) is 37.6 Å². The minimum atomic E-state index is -3.99. The highest BCUT2D eigenvalue weighted by Gasteiger charge is 2.19. The van der Waals surface area contributed by atoms with Crippen molar-refractivity contribution < 1.29 is 23.1 Å². The number of carboxylic acids is 1. The van der Waals surface area contributed by atoms with Gasteiger partial charge < -0.3 is 15.2 Å². The first kappa shape index (κ1) is 16.6. The summed E-state index contributed by atoms with van der Waals surface area (Å²) in [4.78, 5) is 14.8. The molecule has 1 heterocycles. The number of pyridine rings is 1. The van der Waals surface area contributed by atoms with Crippen molar-refractivity contribution in [2.75, 3.05) is 24.2 Å². The molecule has 3 N–H and O–H groups in total. The number of carboxylic acid groups (broad SMARTS) is 1. The molecule has 1 aromatic heterocycles. The van der Waals surface area contributed by atoms with Gasteiger partial charge >= 0.3 is 5.97 Å². The third-order valence-corrected chi connectivity index (χ3v) is 4.33. The van der Waals surface area contributed by atoms with Crippen LogP contribution in [0.2, 0.25) is 0 Å². The van der Waals surface area contributed by atoms with Crippen LogP contribution in [0.4, 0.5) is 11.4 Å². The SMILES string of the molecule is CNc1cnc(OC)c(NS(=O)(=O)c2cccc(C(=O)O)c2)c1. The predicted molar refractivity (Wildman–Crippen MR) is 84.5 cm³/mol. The molecular formula is C14H15N3O5S. The third-order valence-electron chi connectivity index (χ3n) is 2.97. The highest BCUT2D eigenvalue weighted by Crippen LogP contribution is 2.27. The summed E-state index contributed by atoms with van der Waals surface area (Å²) >= 11 is 0. The Balaban J connectivity index is 2.42. The maximum atomic E-state index is 12.4. The molecule has 0 fully saturated rings. The van der Waals surface area contributed by atoms with Gasteiger partial charge in [-0.3, -0.25) is 4.72 Å². The fraction of sp³-hybridized carbons (Fsp3) is 0.143. The van der Waals surface area contributed by atoms with Gasteiger partial charge in [0.25, 0.3) is 10.0 Å². The number of hydrogen-bond donors (Lipinski definition) is 3. The number of aromatic nitrogens is 1. The average Bonchev–Trinajstić information content (AvgIpc) is 2.54. The van der Waals surface area contributed by atoms with Crippen molar-refractivity contribution in [3.05, 3.63) is 42.1 Å². The van der Waals surface area contributed by atoms with E-state index >= 15 is 0 Å². The fourth-order valence-electron chi connectivity index (χ4n) is 1.82. The number of benzene rings is 1. The van der Waals surface area contributed by atoms with Crippen molar-refractivity contribution in [1.82, 2.24) is 4.98 Å². The van der Waals surface area contributed by atoms with Gasteiger partial charge in [-0.1, -0.05) is 6.07 Å². The lowest BCUT2D eigenvalue weighted by Crippen LogP contribution is -2.15. The van der Waals surface area contributed by atoms with Crippen molar-refractivity contribution in [1.29, 1.82) is 0 Å². The van der Waals surface area contributed by atoms with E-state index in [0.29, 0.717) is 5.69 Å². The number of sulfonamides is 1. The van der Waals surface area contributed by atoms with Crippen LogP contribution >= 0.6 is 0 Å². The molecule has 0 aliphatic rings. The Kier molecular flexibility index (Phi) is 4.70. The van der Waals surface area contributed by atoms with Gasteiger partial charge in [0.15, 0.2) is 0 Å². The minimum absolute atomic E-state index is 0.0990. The first-order valence-corrected chi connectivity index (χ1v) is 7.93. The number of nitrogens with zero attached hydrogens (tertiary/aromatic N) is 1. The zero-order valence-corrected chi connectivity index (χ0v) is 13.2. The normalized spacial score (nSPS) is 10.9. The number of hydrogen-bond acceptors (Lipinski definition) is 6. The van der Waals surface area contributed by atoms with E-state index in [4.69, 9.17) is 9.84 Å². The second-order valence-corrected chi connectivity index (χ2v) is 6.15. The van der Waals surface area contributed by atoms with E-state index < -0.39 is 16.0 Å². The van der Waals surface area contributed by atoms with Crippen LogP contribution in [0.15, 0.2) is 41.4 Å². The lowest BCUT2D eigenvalue weighted by molar-refractivity contribution is 0.0696. The number of nitrogens with one attached hydrogen (secondary N) is 2. The number of aromatic carboxylic acids is 1. The Hall–Kier alpha value is -2.81. The van der Waals surface area contributed by atoms with Gasteiger partial charge in [-0.05, 0) is 24.3 Å². The summed E-state index contributed by atoms with van der Waals surface area (Å²) in [5.74, 6) is -1.11. The molecule has 2 rings (SSSR count). The summed E-state index contributed by atoms with van der Waals surface area (Å²) < 4.78 is 32.2. The van der Waals surface area contributed by atoms with E-state index in [-0.39, 0.29) is 22.0 Å². The molecule has 0 unspecified atom stereocenters. The summed E-state index contributed by atoms with van der Waals surface area (Å²) in [5, 5.41) is 11.8. The second-order valence-electron chi connectivity index (χ2n) is 4.47. The second kappa shape index (κ2) is 6.53. The molecule has 0 aliphatic heterocycles. The number of ether oxygens (including phenoxy) is 1. The molecule has 0 saturated heterocycles. The minimum Gasteiger partial charge on any atom is -0.479 e. The van der Waals surface area contributed by atoms with Crippen molar-refractivity contribution >= 4 is 27.4 Å². The molecule has 0 atom stereocenters. The highest BCUT2D eigenvalue weighted by molar-refractivity contribution is 7.92. The molecule has 23 heavy (non-hydrogen) atoms. The first-order chi connectivity index (χ1) is 10.9. The lowest BCUT2D eigenvalue weighted by Gasteiger charge is -2.12. The Bertz CT molecular complexity index is 836. The van der Waals surface area contributed by atoms with E-state index in [1.54, 1.807) is 7.05 Å². The van der Waals surface area contributed by atoms with Crippen LogP contribution in [-0.4, -0.2) is 38.6 Å². The van der Waals surface area contributed by atoms with Crippen molar-refractivity contribution in [3.63, 3.8) is 0 Å². The molecule has 1 aromatic carbocycles. The number of anilines is 2. The Labute approximate surface area is 133 Å². The molecular weight excluding hydrogens is 322 g/mol. The molecule has 0 spiro atoms. The summed E-state index contributed by atoms with van der Waals surface area (Å²) in [6, 6.07) is 6.57. The molecule has 0 radical (unpaired) electrons. The zero-order chi connectivity index (χ0) is 17.0. The zero-order valence-electron chi connectivity index (χ0n) is 12.4. The summed E-state index contributed by atoms with van der Waals surface area (Å²) in [5.41, 5.74) is 0.602. The van der Waals surface area contributed by atoms with E-state index in [9.17, 15) is 13.2 Å². The van der Waals surface area contributed by atoms with Crippen LogP contribution in [0, 0.1) is 0 Å². The average molecular weight is 337 g/mol. The number of methoxy groups -OCH3 is 1. The Morgan fingerprint density at radius 1 is 1.30 bits per heavy atom. The van der Waals surface area contributed by atoms with Gasteiger partial charge in [-0.2, -0.15) is 0 Å². The van der Waals surface area contributed by atoms with Crippen molar-refractivity contribution in [3.8, 4) is 5.88 Å². The van der Waals surface area contributed by atoms with E-state index in [1.807, 2.05) is 0 Å². The Morgan fingerprint density at radius 2 is 2.04 bits per heavy atom. The molecule has 0 bridgehead atoms. The van der Waals surface area contributed by atoms with Crippen LogP contribution in [0.25, 0.3) is 0 Å². The predicted octanol–water partition coefficient (Wildman–Crippen LogP) is 1.63. The monoisotopic (exact) mass is 337 g/mol. The topological polar surface area (TPSA) is 118 Å². The summed E-state index contributed by atoms with van der Waals surface area (Å²) in [6.07, 6.45) is 1.49.